The minimum atomic E-state index is -0.538. The first-order valence-corrected chi connectivity index (χ1v) is 5.91. The fraction of sp³-hybridized carbons (Fsp3) is 0.429. The molecular weight excluding hydrogens is 214 g/mol. The number of nitrogens with two attached hydrogens (primary N) is 1. The van der Waals surface area contributed by atoms with E-state index in [9.17, 15) is 9.59 Å². The van der Waals surface area contributed by atoms with Crippen LogP contribution in [-0.4, -0.2) is 11.6 Å². The fourth-order valence-corrected chi connectivity index (χ4v) is 2.51. The van der Waals surface area contributed by atoms with Crippen molar-refractivity contribution in [1.82, 2.24) is 0 Å². The third kappa shape index (κ3) is 2.03. The van der Waals surface area contributed by atoms with Crippen molar-refractivity contribution in [3.05, 3.63) is 35.4 Å². The number of rotatable bonds is 2. The van der Waals surface area contributed by atoms with Crippen LogP contribution < -0.4 is 5.73 Å². The van der Waals surface area contributed by atoms with Crippen molar-refractivity contribution in [2.45, 2.75) is 38.1 Å². The molecule has 0 saturated heterocycles. The Kier molecular flexibility index (Phi) is 3.11. The molecule has 0 spiro atoms. The van der Waals surface area contributed by atoms with Crippen LogP contribution >= 0.6 is 0 Å². The molecule has 2 rings (SSSR count). The van der Waals surface area contributed by atoms with Gasteiger partial charge in [0.15, 0.2) is 0 Å². The van der Waals surface area contributed by atoms with E-state index in [1.807, 2.05) is 31.2 Å². The van der Waals surface area contributed by atoms with Gasteiger partial charge in [-0.3, -0.25) is 9.59 Å². The van der Waals surface area contributed by atoms with Crippen molar-refractivity contribution in [2.75, 3.05) is 0 Å². The van der Waals surface area contributed by atoms with E-state index in [4.69, 9.17) is 5.73 Å². The van der Waals surface area contributed by atoms with E-state index in [1.54, 1.807) is 0 Å². The van der Waals surface area contributed by atoms with Gasteiger partial charge in [-0.05, 0) is 24.5 Å². The largest absolute Gasteiger partial charge is 0.326 e. The second kappa shape index (κ2) is 4.41. The average molecular weight is 231 g/mol. The Morgan fingerprint density at radius 1 is 1.29 bits per heavy atom. The number of hydrogen-bond acceptors (Lipinski definition) is 3. The van der Waals surface area contributed by atoms with E-state index < -0.39 is 5.41 Å². The third-order valence-corrected chi connectivity index (χ3v) is 3.71. The molecule has 1 aromatic carbocycles. The van der Waals surface area contributed by atoms with Crippen LogP contribution in [0.25, 0.3) is 0 Å². The molecule has 0 radical (unpaired) electrons. The lowest BCUT2D eigenvalue weighted by Crippen LogP contribution is -2.39. The highest BCUT2D eigenvalue weighted by Gasteiger charge is 2.40. The zero-order valence-electron chi connectivity index (χ0n) is 10.0. The van der Waals surface area contributed by atoms with Crippen LogP contribution in [0.3, 0.4) is 0 Å². The first-order chi connectivity index (χ1) is 8.08. The van der Waals surface area contributed by atoms with Crippen LogP contribution in [0.5, 0.6) is 0 Å². The maximum atomic E-state index is 12.1. The fourth-order valence-electron chi connectivity index (χ4n) is 2.51. The molecule has 3 heteroatoms. The normalized spacial score (nSPS) is 25.1. The van der Waals surface area contributed by atoms with E-state index in [2.05, 4.69) is 0 Å². The van der Waals surface area contributed by atoms with Gasteiger partial charge in [-0.2, -0.15) is 0 Å². The molecule has 0 bridgehead atoms. The Hall–Kier alpha value is -1.48. The summed E-state index contributed by atoms with van der Waals surface area (Å²) in [6, 6.07) is 7.75. The molecule has 3 nitrogen and oxygen atoms in total. The van der Waals surface area contributed by atoms with Crippen LogP contribution in [-0.2, 0) is 21.5 Å². The highest BCUT2D eigenvalue weighted by Crippen LogP contribution is 2.36. The summed E-state index contributed by atoms with van der Waals surface area (Å²) in [6.45, 7) is 2.35. The molecule has 1 saturated carbocycles. The van der Waals surface area contributed by atoms with Crippen molar-refractivity contribution in [1.29, 1.82) is 0 Å². The van der Waals surface area contributed by atoms with Gasteiger partial charge in [0.05, 0.1) is 11.8 Å². The van der Waals surface area contributed by atoms with Crippen molar-refractivity contribution in [3.8, 4) is 0 Å². The number of ketones is 2. The smallest absolute Gasteiger partial charge is 0.150 e. The minimum absolute atomic E-state index is 0.0228. The molecule has 0 aliphatic heterocycles. The summed E-state index contributed by atoms with van der Waals surface area (Å²) in [7, 11) is 0. The van der Waals surface area contributed by atoms with Crippen LogP contribution in [0.4, 0.5) is 0 Å². The number of carbonyl (C=O) groups excluding carboxylic acids is 2. The summed E-state index contributed by atoms with van der Waals surface area (Å²) in [5.74, 6) is 0.0763. The lowest BCUT2D eigenvalue weighted by atomic mass is 9.68. The summed E-state index contributed by atoms with van der Waals surface area (Å²) in [5, 5.41) is 0. The summed E-state index contributed by atoms with van der Waals surface area (Å²) < 4.78 is 0. The molecule has 1 atom stereocenters. The van der Waals surface area contributed by atoms with Gasteiger partial charge in [-0.15, -0.1) is 0 Å². The highest BCUT2D eigenvalue weighted by molar-refractivity contribution is 6.06. The van der Waals surface area contributed by atoms with Gasteiger partial charge in [0.2, 0.25) is 0 Å². The zero-order valence-corrected chi connectivity index (χ0v) is 10.0. The Bertz CT molecular complexity index is 467. The lowest BCUT2D eigenvalue weighted by molar-refractivity contribution is -0.133. The van der Waals surface area contributed by atoms with Crippen LogP contribution in [0.2, 0.25) is 0 Å². The quantitative estimate of drug-likeness (QED) is 0.788. The van der Waals surface area contributed by atoms with Gasteiger partial charge in [-0.1, -0.05) is 24.3 Å². The second-order valence-electron chi connectivity index (χ2n) is 4.83. The number of benzene rings is 1. The maximum Gasteiger partial charge on any atom is 0.150 e. The van der Waals surface area contributed by atoms with Crippen molar-refractivity contribution in [2.24, 2.45) is 5.73 Å². The molecule has 1 aromatic rings. The van der Waals surface area contributed by atoms with Crippen molar-refractivity contribution >= 4 is 11.6 Å². The van der Waals surface area contributed by atoms with E-state index in [-0.39, 0.29) is 18.0 Å². The molecular formula is C14H17NO2. The van der Waals surface area contributed by atoms with Gasteiger partial charge in [0, 0.05) is 13.0 Å². The van der Waals surface area contributed by atoms with E-state index in [1.165, 1.54) is 0 Å². The summed E-state index contributed by atoms with van der Waals surface area (Å²) in [6.07, 6.45) is 1.15. The van der Waals surface area contributed by atoms with Gasteiger partial charge in [0.25, 0.3) is 0 Å². The van der Waals surface area contributed by atoms with Gasteiger partial charge >= 0.3 is 0 Å². The Morgan fingerprint density at radius 2 is 2.00 bits per heavy atom. The summed E-state index contributed by atoms with van der Waals surface area (Å²) in [5.41, 5.74) is 7.16. The zero-order chi connectivity index (χ0) is 12.5. The Labute approximate surface area is 101 Å². The van der Waals surface area contributed by atoms with Crippen molar-refractivity contribution < 1.29 is 9.59 Å². The van der Waals surface area contributed by atoms with Gasteiger partial charge < -0.3 is 5.73 Å². The summed E-state index contributed by atoms with van der Waals surface area (Å²) >= 11 is 0. The molecule has 1 aliphatic carbocycles. The monoisotopic (exact) mass is 231 g/mol. The standard InChI is InChI=1S/C14H17NO2/c1-14(7-6-11(16)8-13(14)17)12-5-3-2-4-10(12)9-15/h2-5H,6-9,15H2,1H3. The molecule has 1 aliphatic rings. The minimum Gasteiger partial charge on any atom is -0.326 e. The SMILES string of the molecule is CC1(c2ccccc2CN)CCC(=O)CC1=O. The number of hydrogen-bond donors (Lipinski definition) is 1. The Balaban J connectivity index is 2.44. The second-order valence-corrected chi connectivity index (χ2v) is 4.83. The molecule has 17 heavy (non-hydrogen) atoms. The number of carbonyl (C=O) groups is 2. The van der Waals surface area contributed by atoms with E-state index in [0.717, 1.165) is 11.1 Å². The van der Waals surface area contributed by atoms with Crippen LogP contribution in [0.1, 0.15) is 37.3 Å². The maximum absolute atomic E-state index is 12.1. The van der Waals surface area contributed by atoms with E-state index in [0.29, 0.717) is 19.4 Å². The highest BCUT2D eigenvalue weighted by atomic mass is 16.1. The lowest BCUT2D eigenvalue weighted by Gasteiger charge is -2.33. The molecule has 90 valence electrons. The van der Waals surface area contributed by atoms with Crippen molar-refractivity contribution in [3.63, 3.8) is 0 Å². The van der Waals surface area contributed by atoms with Gasteiger partial charge in [-0.25, -0.2) is 0 Å². The average Bonchev–Trinajstić information content (AvgIpc) is 2.34. The molecule has 0 heterocycles. The van der Waals surface area contributed by atoms with E-state index >= 15 is 0 Å². The predicted octanol–water partition coefficient (Wildman–Crippen LogP) is 1.73. The molecule has 0 amide bonds. The van der Waals surface area contributed by atoms with Gasteiger partial charge in [0.1, 0.15) is 11.6 Å². The van der Waals surface area contributed by atoms with Crippen LogP contribution in [0, 0.1) is 0 Å². The summed E-state index contributed by atoms with van der Waals surface area (Å²) in [4.78, 5) is 23.4. The topological polar surface area (TPSA) is 60.2 Å². The first kappa shape index (κ1) is 12.0. The third-order valence-electron chi connectivity index (χ3n) is 3.71. The van der Waals surface area contributed by atoms with Crippen LogP contribution in [0.15, 0.2) is 24.3 Å². The molecule has 0 aromatic heterocycles. The first-order valence-electron chi connectivity index (χ1n) is 5.91. The number of Topliss-reactive ketones (excluding diaryl/α,β-unsaturated/α-hetero) is 2. The predicted molar refractivity (Wildman–Crippen MR) is 65.6 cm³/mol. The molecule has 1 fully saturated rings. The molecule has 2 N–H and O–H groups in total. The Morgan fingerprint density at radius 3 is 2.65 bits per heavy atom. The molecule has 1 unspecified atom stereocenters.